The molecule has 0 radical (unpaired) electrons. The summed E-state index contributed by atoms with van der Waals surface area (Å²) in [5.74, 6) is -7.52. The Morgan fingerprint density at radius 3 is 1.25 bits per heavy atom. The van der Waals surface area contributed by atoms with Crippen molar-refractivity contribution < 1.29 is 48.3 Å². The van der Waals surface area contributed by atoms with Gasteiger partial charge in [0, 0.05) is 6.54 Å². The van der Waals surface area contributed by atoms with E-state index in [1.165, 1.54) is 20.8 Å². The first-order chi connectivity index (χ1) is 31.6. The molecule has 390 valence electrons. The first-order valence-electron chi connectivity index (χ1n) is 23.8. The van der Waals surface area contributed by atoms with Crippen molar-refractivity contribution in [2.75, 3.05) is 13.1 Å². The Bertz CT molecular complexity index is 1690. The number of carbonyl (C=O) groups excluding carboxylic acids is 8. The van der Waals surface area contributed by atoms with Crippen molar-refractivity contribution in [3.63, 3.8) is 0 Å². The molecule has 0 heterocycles. The number of carboxylic acids is 1. The summed E-state index contributed by atoms with van der Waals surface area (Å²) in [7, 11) is 0. The fourth-order valence-electron chi connectivity index (χ4n) is 6.77. The zero-order valence-electron chi connectivity index (χ0n) is 42.2. The number of guanidine groups is 1. The van der Waals surface area contributed by atoms with Crippen LogP contribution in [-0.4, -0.2) is 132 Å². The fraction of sp³-hybridized carbons (Fsp3) is 0.778. The number of carbonyl (C=O) groups is 9. The largest absolute Gasteiger partial charge is 0.480 e. The van der Waals surface area contributed by atoms with E-state index in [9.17, 15) is 48.3 Å². The summed E-state index contributed by atoms with van der Waals surface area (Å²) >= 11 is 0. The molecule has 0 spiro atoms. The highest BCUT2D eigenvalue weighted by atomic mass is 16.4. The van der Waals surface area contributed by atoms with Crippen molar-refractivity contribution in [2.24, 2.45) is 51.6 Å². The fourth-order valence-corrected chi connectivity index (χ4v) is 6.77. The van der Waals surface area contributed by atoms with Crippen LogP contribution in [0.4, 0.5) is 0 Å². The lowest BCUT2D eigenvalue weighted by atomic mass is 9.98. The van der Waals surface area contributed by atoms with Crippen molar-refractivity contribution in [3.8, 4) is 0 Å². The SMILES string of the molecule is CC[C@H](C)[C@H](NC(=O)[C@H](C)NC(=O)[C@H](CCCN=C(N)N)NC(=O)[C@H](C)NC(=O)[C@H](C)NC(=O)[C@H](CC(C)C)NC(=O)[C@H](CC(C)C)NC(=O)[C@H](CC(C)C)NC(=O)[C@@H](N)CCCCN)C(=O)O. The Hall–Kier alpha value is -5.58. The van der Waals surface area contributed by atoms with E-state index in [-0.39, 0.29) is 62.4 Å². The monoisotopic (exact) mass is 968 g/mol. The maximum Gasteiger partial charge on any atom is 0.326 e. The van der Waals surface area contributed by atoms with Crippen LogP contribution in [0.3, 0.4) is 0 Å². The van der Waals surface area contributed by atoms with Crippen LogP contribution in [0, 0.1) is 23.7 Å². The van der Waals surface area contributed by atoms with Crippen LogP contribution in [0.25, 0.3) is 0 Å². The van der Waals surface area contributed by atoms with Gasteiger partial charge in [0.25, 0.3) is 0 Å². The van der Waals surface area contributed by atoms with E-state index in [0.717, 1.165) is 0 Å². The number of aliphatic carboxylic acids is 1. The molecule has 23 heteroatoms. The molecule has 0 aliphatic carbocycles. The molecule has 68 heavy (non-hydrogen) atoms. The number of aliphatic imine (C=N–C) groups is 1. The summed E-state index contributed by atoms with van der Waals surface area (Å²) in [4.78, 5) is 123. The summed E-state index contributed by atoms with van der Waals surface area (Å²) in [5.41, 5.74) is 22.5. The lowest BCUT2D eigenvalue weighted by molar-refractivity contribution is -0.143. The van der Waals surface area contributed by atoms with E-state index in [2.05, 4.69) is 47.5 Å². The van der Waals surface area contributed by atoms with E-state index in [1.807, 2.05) is 41.5 Å². The zero-order valence-corrected chi connectivity index (χ0v) is 42.2. The summed E-state index contributed by atoms with van der Waals surface area (Å²) in [6.45, 7) is 19.3. The summed E-state index contributed by atoms with van der Waals surface area (Å²) in [5, 5.41) is 30.4. The quantitative estimate of drug-likeness (QED) is 0.0207. The number of unbranched alkanes of at least 4 members (excludes halogenated alkanes) is 1. The second-order valence-corrected chi connectivity index (χ2v) is 18.9. The van der Waals surface area contributed by atoms with Gasteiger partial charge in [-0.3, -0.25) is 43.3 Å². The van der Waals surface area contributed by atoms with Gasteiger partial charge < -0.3 is 70.6 Å². The van der Waals surface area contributed by atoms with Crippen molar-refractivity contribution in [2.45, 2.75) is 188 Å². The smallest absolute Gasteiger partial charge is 0.326 e. The predicted molar refractivity (Wildman–Crippen MR) is 259 cm³/mol. The molecule has 0 fully saturated rings. The average Bonchev–Trinajstić information content (AvgIpc) is 3.24. The first kappa shape index (κ1) is 62.4. The van der Waals surface area contributed by atoms with Crippen LogP contribution < -0.4 is 65.5 Å². The molecule has 0 aromatic carbocycles. The highest BCUT2D eigenvalue weighted by molar-refractivity contribution is 5.97. The Morgan fingerprint density at radius 2 is 0.853 bits per heavy atom. The molecular formula is C45H85N13O10. The summed E-state index contributed by atoms with van der Waals surface area (Å²) in [6.07, 6.45) is 3.05. The predicted octanol–water partition coefficient (Wildman–Crippen LogP) is -1.30. The Balaban J connectivity index is 6.01. The van der Waals surface area contributed by atoms with Gasteiger partial charge in [-0.05, 0) is 95.9 Å². The number of carboxylic acid groups (broad SMARTS) is 1. The molecule has 0 saturated heterocycles. The first-order valence-corrected chi connectivity index (χ1v) is 23.8. The van der Waals surface area contributed by atoms with Crippen LogP contribution in [0.15, 0.2) is 4.99 Å². The third-order valence-electron chi connectivity index (χ3n) is 10.9. The molecule has 8 amide bonds. The molecule has 0 aliphatic heterocycles. The van der Waals surface area contributed by atoms with Crippen molar-refractivity contribution in [1.29, 1.82) is 0 Å². The van der Waals surface area contributed by atoms with E-state index in [0.29, 0.717) is 32.2 Å². The molecule has 0 bridgehead atoms. The highest BCUT2D eigenvalue weighted by Crippen LogP contribution is 2.13. The number of hydrogen-bond acceptors (Lipinski definition) is 12. The number of nitrogens with one attached hydrogen (secondary N) is 8. The normalized spacial score (nSPS) is 15.7. The van der Waals surface area contributed by atoms with Gasteiger partial charge in [-0.1, -0.05) is 68.2 Å². The molecule has 0 aliphatic rings. The van der Waals surface area contributed by atoms with Crippen LogP contribution in [0.5, 0.6) is 0 Å². The third-order valence-corrected chi connectivity index (χ3v) is 10.9. The molecule has 0 saturated carbocycles. The van der Waals surface area contributed by atoms with Crippen LogP contribution in [0.1, 0.15) is 134 Å². The standard InChI is InChI=1S/C45H85N13O10/c1-12-26(8)35(44(67)68)58-38(61)29(11)52-40(63)31(17-15-19-50-45(48)49)54-37(60)28(10)51-36(59)27(9)53-41(64)32(20-23(2)3)56-43(66)34(22-25(6)7)57-42(65)33(21-24(4)5)55-39(62)30(47)16-13-14-18-46/h23-35H,12-22,46-47H2,1-11H3,(H,51,59)(H,52,63)(H,53,64)(H,54,60)(H,55,62)(H,56,66)(H,57,65)(H,58,61)(H,67,68)(H4,48,49,50)/t26-,27-,28-,29-,30-,31-,32-,33-,34-,35-/m0/s1. The average molecular weight is 968 g/mol. The summed E-state index contributed by atoms with van der Waals surface area (Å²) < 4.78 is 0. The van der Waals surface area contributed by atoms with Crippen LogP contribution in [-0.2, 0) is 43.2 Å². The minimum absolute atomic E-state index is 0.00373. The second kappa shape index (κ2) is 32.2. The minimum Gasteiger partial charge on any atom is -0.480 e. The van der Waals surface area contributed by atoms with E-state index in [1.54, 1.807) is 13.8 Å². The Labute approximate surface area is 402 Å². The zero-order chi connectivity index (χ0) is 52.4. The van der Waals surface area contributed by atoms with Crippen molar-refractivity contribution in [3.05, 3.63) is 0 Å². The molecule has 0 aromatic heterocycles. The van der Waals surface area contributed by atoms with Gasteiger partial charge in [-0.15, -0.1) is 0 Å². The van der Waals surface area contributed by atoms with Gasteiger partial charge in [0.15, 0.2) is 5.96 Å². The van der Waals surface area contributed by atoms with Gasteiger partial charge in [0.05, 0.1) is 6.04 Å². The molecule has 0 aromatic rings. The number of nitrogens with two attached hydrogens (primary N) is 4. The molecule has 23 nitrogen and oxygen atoms in total. The molecule has 0 rings (SSSR count). The number of nitrogens with zero attached hydrogens (tertiary/aromatic N) is 1. The lowest BCUT2D eigenvalue weighted by Crippen LogP contribution is -2.60. The third kappa shape index (κ3) is 25.0. The second-order valence-electron chi connectivity index (χ2n) is 18.9. The topological polar surface area (TPSA) is 387 Å². The Morgan fingerprint density at radius 1 is 0.485 bits per heavy atom. The maximum absolute atomic E-state index is 13.9. The van der Waals surface area contributed by atoms with E-state index < -0.39 is 114 Å². The van der Waals surface area contributed by atoms with Gasteiger partial charge in [0.2, 0.25) is 47.3 Å². The van der Waals surface area contributed by atoms with Crippen LogP contribution in [0.2, 0.25) is 0 Å². The minimum atomic E-state index is -1.25. The number of rotatable bonds is 33. The van der Waals surface area contributed by atoms with Gasteiger partial charge in [0.1, 0.15) is 48.3 Å². The summed E-state index contributed by atoms with van der Waals surface area (Å²) in [6, 6.07) is -10.2. The number of amides is 8. The van der Waals surface area contributed by atoms with E-state index >= 15 is 0 Å². The molecule has 0 unspecified atom stereocenters. The van der Waals surface area contributed by atoms with Crippen molar-refractivity contribution >= 4 is 59.2 Å². The molecular weight excluding hydrogens is 883 g/mol. The number of hydrogen-bond donors (Lipinski definition) is 13. The highest BCUT2D eigenvalue weighted by Gasteiger charge is 2.34. The molecule has 10 atom stereocenters. The van der Waals surface area contributed by atoms with Gasteiger partial charge in [-0.2, -0.15) is 0 Å². The van der Waals surface area contributed by atoms with E-state index in [4.69, 9.17) is 22.9 Å². The van der Waals surface area contributed by atoms with Crippen LogP contribution >= 0.6 is 0 Å². The van der Waals surface area contributed by atoms with Gasteiger partial charge >= 0.3 is 5.97 Å². The maximum atomic E-state index is 13.9. The van der Waals surface area contributed by atoms with Crippen molar-refractivity contribution in [1.82, 2.24) is 42.5 Å². The lowest BCUT2D eigenvalue weighted by Gasteiger charge is -2.28. The Kier molecular flexibility index (Phi) is 29.6. The van der Waals surface area contributed by atoms with Gasteiger partial charge in [-0.25, -0.2) is 4.79 Å². The molecule has 17 N–H and O–H groups in total.